The first-order valence-electron chi connectivity index (χ1n) is 6.20. The van der Waals surface area contributed by atoms with Gasteiger partial charge in [-0.25, -0.2) is 4.98 Å². The Morgan fingerprint density at radius 1 is 1.29 bits per heavy atom. The van der Waals surface area contributed by atoms with Crippen molar-refractivity contribution in [3.63, 3.8) is 0 Å². The van der Waals surface area contributed by atoms with Gasteiger partial charge in [-0.05, 0) is 18.9 Å². The van der Waals surface area contributed by atoms with E-state index in [2.05, 4.69) is 41.1 Å². The average molecular weight is 225 g/mol. The molecule has 0 saturated heterocycles. The number of anilines is 1. The molecule has 0 unspecified atom stereocenters. The van der Waals surface area contributed by atoms with E-state index in [4.69, 9.17) is 0 Å². The first-order valence-corrected chi connectivity index (χ1v) is 6.20. The summed E-state index contributed by atoms with van der Waals surface area (Å²) in [5.74, 6) is 0. The Kier molecular flexibility index (Phi) is 2.56. The third kappa shape index (κ3) is 1.70. The summed E-state index contributed by atoms with van der Waals surface area (Å²) in [7, 11) is 0. The number of benzene rings is 1. The molecule has 17 heavy (non-hydrogen) atoms. The highest BCUT2D eigenvalue weighted by Gasteiger charge is 2.23. The minimum absolute atomic E-state index is 0.820. The fourth-order valence-corrected chi connectivity index (χ4v) is 2.67. The van der Waals surface area contributed by atoms with Crippen molar-refractivity contribution >= 4 is 16.6 Å². The fourth-order valence-electron chi connectivity index (χ4n) is 2.67. The first kappa shape index (κ1) is 10.3. The largest absolute Gasteiger partial charge is 0.380 e. The molecule has 0 radical (unpaired) electrons. The van der Waals surface area contributed by atoms with Crippen LogP contribution in [0.3, 0.4) is 0 Å². The van der Waals surface area contributed by atoms with Gasteiger partial charge in [-0.3, -0.25) is 0 Å². The van der Waals surface area contributed by atoms with E-state index in [0.29, 0.717) is 0 Å². The maximum atomic E-state index is 3.78. The second kappa shape index (κ2) is 4.21. The van der Waals surface area contributed by atoms with Crippen molar-refractivity contribution in [2.45, 2.75) is 19.3 Å². The van der Waals surface area contributed by atoms with E-state index in [0.717, 1.165) is 6.54 Å². The van der Waals surface area contributed by atoms with Crippen LogP contribution in [0.25, 0.3) is 10.9 Å². The molecule has 2 nitrogen and oxygen atoms in total. The van der Waals surface area contributed by atoms with Crippen LogP contribution in [0.4, 0.5) is 5.69 Å². The summed E-state index contributed by atoms with van der Waals surface area (Å²) >= 11 is 0. The lowest BCUT2D eigenvalue weighted by Gasteiger charge is -2.09. The maximum absolute atomic E-state index is 3.78. The van der Waals surface area contributed by atoms with Gasteiger partial charge in [0.1, 0.15) is 0 Å². The predicted molar refractivity (Wildman–Crippen MR) is 71.2 cm³/mol. The van der Waals surface area contributed by atoms with Gasteiger partial charge >= 0.3 is 0 Å². The van der Waals surface area contributed by atoms with Gasteiger partial charge in [0.15, 0.2) is 5.69 Å². The van der Waals surface area contributed by atoms with Crippen molar-refractivity contribution in [1.82, 2.24) is 0 Å². The second-order valence-corrected chi connectivity index (χ2v) is 4.53. The number of H-pyrrole nitrogens is 1. The molecule has 0 aliphatic heterocycles. The summed E-state index contributed by atoms with van der Waals surface area (Å²) in [5, 5.41) is 4.79. The molecule has 86 valence electrons. The molecule has 0 spiro atoms. The summed E-state index contributed by atoms with van der Waals surface area (Å²) in [6.07, 6.45) is 5.51. The van der Waals surface area contributed by atoms with Crippen LogP contribution < -0.4 is 10.3 Å². The molecule has 2 heteroatoms. The van der Waals surface area contributed by atoms with Crippen LogP contribution in [0.1, 0.15) is 17.7 Å². The van der Waals surface area contributed by atoms with E-state index in [-0.39, 0.29) is 0 Å². The lowest BCUT2D eigenvalue weighted by atomic mass is 10.1. The molecular formula is C15H17N2+. The molecule has 3 rings (SSSR count). The van der Waals surface area contributed by atoms with Gasteiger partial charge in [-0.1, -0.05) is 18.2 Å². The van der Waals surface area contributed by atoms with E-state index in [1.165, 1.54) is 47.1 Å². The smallest absolute Gasteiger partial charge is 0.213 e. The Balaban J connectivity index is 2.23. The number of aryl methyl sites for hydroxylation is 1. The lowest BCUT2D eigenvalue weighted by molar-refractivity contribution is -0.356. The average Bonchev–Trinajstić information content (AvgIpc) is 2.82. The molecule has 0 fully saturated rings. The van der Waals surface area contributed by atoms with E-state index >= 15 is 0 Å². The van der Waals surface area contributed by atoms with Gasteiger partial charge in [0.05, 0.1) is 11.1 Å². The van der Waals surface area contributed by atoms with Gasteiger partial charge in [0, 0.05) is 24.6 Å². The van der Waals surface area contributed by atoms with Crippen LogP contribution >= 0.6 is 0 Å². The van der Waals surface area contributed by atoms with Crippen LogP contribution in [0.5, 0.6) is 0 Å². The van der Waals surface area contributed by atoms with E-state index < -0.39 is 0 Å². The number of rotatable bonds is 3. The molecule has 2 N–H and O–H groups in total. The molecule has 0 saturated carbocycles. The molecule has 0 atom stereocenters. The van der Waals surface area contributed by atoms with Crippen molar-refractivity contribution in [2.24, 2.45) is 0 Å². The molecule has 1 aromatic carbocycles. The highest BCUT2D eigenvalue weighted by atomic mass is 14.9. The predicted octanol–water partition coefficient (Wildman–Crippen LogP) is 2.74. The number of hydrogen-bond acceptors (Lipinski definition) is 1. The Bertz CT molecular complexity index is 572. The normalized spacial score (nSPS) is 13.6. The lowest BCUT2D eigenvalue weighted by Crippen LogP contribution is -2.15. The zero-order chi connectivity index (χ0) is 11.7. The van der Waals surface area contributed by atoms with Crippen LogP contribution in [0.15, 0.2) is 36.9 Å². The number of aromatic nitrogens is 1. The quantitative estimate of drug-likeness (QED) is 0.799. The molecule has 0 amide bonds. The number of para-hydroxylation sites is 1. The Hall–Kier alpha value is -1.83. The number of pyridine rings is 1. The first-order chi connectivity index (χ1) is 8.40. The van der Waals surface area contributed by atoms with Gasteiger partial charge in [-0.2, -0.15) is 0 Å². The molecular weight excluding hydrogens is 208 g/mol. The minimum Gasteiger partial charge on any atom is -0.380 e. The SMILES string of the molecule is C=CCNc1c2c([nH+]c3ccccc13)CCC2. The van der Waals surface area contributed by atoms with Gasteiger partial charge in [-0.15, -0.1) is 6.58 Å². The number of nitrogens with one attached hydrogen (secondary N) is 2. The molecule has 1 aromatic heterocycles. The van der Waals surface area contributed by atoms with Crippen molar-refractivity contribution in [2.75, 3.05) is 11.9 Å². The van der Waals surface area contributed by atoms with Crippen molar-refractivity contribution in [3.8, 4) is 0 Å². The number of hydrogen-bond donors (Lipinski definition) is 1. The third-order valence-electron chi connectivity index (χ3n) is 3.42. The summed E-state index contributed by atoms with van der Waals surface area (Å²) < 4.78 is 0. The van der Waals surface area contributed by atoms with Gasteiger partial charge in [0.2, 0.25) is 5.52 Å². The Morgan fingerprint density at radius 3 is 3.06 bits per heavy atom. The topological polar surface area (TPSA) is 26.2 Å². The van der Waals surface area contributed by atoms with Gasteiger partial charge in [0.25, 0.3) is 0 Å². The standard InChI is InChI=1S/C15H16N2/c1-2-10-16-15-11-6-3-4-8-13(11)17-14-9-5-7-12(14)15/h2-4,6,8H,1,5,7,9-10H2,(H,16,17)/p+1. The highest BCUT2D eigenvalue weighted by Crippen LogP contribution is 2.31. The number of aromatic amines is 1. The van der Waals surface area contributed by atoms with E-state index in [1.54, 1.807) is 0 Å². The van der Waals surface area contributed by atoms with Crippen LogP contribution in [-0.2, 0) is 12.8 Å². The monoisotopic (exact) mass is 225 g/mol. The minimum atomic E-state index is 0.820. The van der Waals surface area contributed by atoms with E-state index in [1.807, 2.05) is 6.08 Å². The van der Waals surface area contributed by atoms with Crippen LogP contribution in [-0.4, -0.2) is 6.54 Å². The summed E-state index contributed by atoms with van der Waals surface area (Å²) in [6.45, 7) is 4.60. The fraction of sp³-hybridized carbons (Fsp3) is 0.267. The summed E-state index contributed by atoms with van der Waals surface area (Å²) in [5.41, 5.74) is 5.38. The highest BCUT2D eigenvalue weighted by molar-refractivity contribution is 5.91. The van der Waals surface area contributed by atoms with Crippen molar-refractivity contribution in [1.29, 1.82) is 0 Å². The molecule has 2 aromatic rings. The van der Waals surface area contributed by atoms with Crippen LogP contribution in [0.2, 0.25) is 0 Å². The molecule has 1 aliphatic carbocycles. The zero-order valence-electron chi connectivity index (χ0n) is 9.92. The summed E-state index contributed by atoms with van der Waals surface area (Å²) in [6, 6.07) is 8.50. The third-order valence-corrected chi connectivity index (χ3v) is 3.42. The second-order valence-electron chi connectivity index (χ2n) is 4.53. The van der Waals surface area contributed by atoms with E-state index in [9.17, 15) is 0 Å². The van der Waals surface area contributed by atoms with Crippen LogP contribution in [0, 0.1) is 0 Å². The maximum Gasteiger partial charge on any atom is 0.213 e. The summed E-state index contributed by atoms with van der Waals surface area (Å²) in [4.78, 5) is 3.56. The molecule has 0 bridgehead atoms. The van der Waals surface area contributed by atoms with Gasteiger partial charge < -0.3 is 5.32 Å². The molecule has 1 heterocycles. The molecule has 1 aliphatic rings. The van der Waals surface area contributed by atoms with Crippen molar-refractivity contribution in [3.05, 3.63) is 48.2 Å². The van der Waals surface area contributed by atoms with Crippen molar-refractivity contribution < 1.29 is 4.98 Å². The zero-order valence-corrected chi connectivity index (χ0v) is 9.92. The Labute approximate surface area is 101 Å². The Morgan fingerprint density at radius 2 is 2.18 bits per heavy atom. The number of fused-ring (bicyclic) bond motifs is 2.